The quantitative estimate of drug-likeness (QED) is 0.894. The summed E-state index contributed by atoms with van der Waals surface area (Å²) in [5, 5.41) is 6.40. The van der Waals surface area contributed by atoms with Crippen LogP contribution in [0.25, 0.3) is 5.65 Å². The highest BCUT2D eigenvalue weighted by Gasteiger charge is 2.13. The average molecular weight is 345 g/mol. The summed E-state index contributed by atoms with van der Waals surface area (Å²) in [4.78, 5) is 16.3. The number of imidazole rings is 1. The maximum Gasteiger partial charge on any atom is 0.252 e. The SMILES string of the molecule is Cl.Cl.O=C(NCCC1CCCNC1)c1ccc2nccn2c1. The summed E-state index contributed by atoms with van der Waals surface area (Å²) < 4.78 is 1.86. The summed E-state index contributed by atoms with van der Waals surface area (Å²) >= 11 is 0. The second-order valence-corrected chi connectivity index (χ2v) is 5.37. The van der Waals surface area contributed by atoms with Crippen molar-refractivity contribution in [2.45, 2.75) is 19.3 Å². The van der Waals surface area contributed by atoms with Gasteiger partial charge < -0.3 is 15.0 Å². The summed E-state index contributed by atoms with van der Waals surface area (Å²) in [7, 11) is 0. The Labute approximate surface area is 142 Å². The third-order valence-electron chi connectivity index (χ3n) is 3.89. The lowest BCUT2D eigenvalue weighted by Crippen LogP contribution is -2.33. The third-order valence-corrected chi connectivity index (χ3v) is 3.89. The van der Waals surface area contributed by atoms with E-state index in [2.05, 4.69) is 15.6 Å². The molecule has 1 atom stereocenters. The van der Waals surface area contributed by atoms with Gasteiger partial charge in [0.15, 0.2) is 0 Å². The zero-order valence-electron chi connectivity index (χ0n) is 12.3. The predicted molar refractivity (Wildman–Crippen MR) is 92.2 cm³/mol. The van der Waals surface area contributed by atoms with Crippen LogP contribution in [-0.4, -0.2) is 34.9 Å². The van der Waals surface area contributed by atoms with Crippen LogP contribution in [0.1, 0.15) is 29.6 Å². The molecular weight excluding hydrogens is 323 g/mol. The van der Waals surface area contributed by atoms with Gasteiger partial charge in [-0.2, -0.15) is 0 Å². The molecule has 1 aliphatic rings. The second kappa shape index (κ2) is 8.98. The average Bonchev–Trinajstić information content (AvgIpc) is 2.95. The Kier molecular flexibility index (Phi) is 7.65. The first kappa shape index (κ1) is 18.7. The van der Waals surface area contributed by atoms with E-state index in [4.69, 9.17) is 0 Å². The summed E-state index contributed by atoms with van der Waals surface area (Å²) in [5.74, 6) is 0.685. The van der Waals surface area contributed by atoms with Gasteiger partial charge in [-0.1, -0.05) is 0 Å². The molecule has 1 aliphatic heterocycles. The number of rotatable bonds is 4. The molecule has 1 unspecified atom stereocenters. The molecule has 0 aliphatic carbocycles. The van der Waals surface area contributed by atoms with Crippen LogP contribution in [0.15, 0.2) is 30.7 Å². The van der Waals surface area contributed by atoms with Crippen molar-refractivity contribution >= 4 is 36.4 Å². The first-order valence-corrected chi connectivity index (χ1v) is 7.24. The fourth-order valence-electron chi connectivity index (χ4n) is 2.72. The number of halogens is 2. The van der Waals surface area contributed by atoms with Crippen molar-refractivity contribution in [2.75, 3.05) is 19.6 Å². The van der Waals surface area contributed by atoms with Crippen molar-refractivity contribution < 1.29 is 4.79 Å². The van der Waals surface area contributed by atoms with E-state index >= 15 is 0 Å². The number of hydrogen-bond donors (Lipinski definition) is 2. The molecule has 2 aromatic heterocycles. The van der Waals surface area contributed by atoms with E-state index in [1.54, 1.807) is 6.20 Å². The number of piperidine rings is 1. The topological polar surface area (TPSA) is 58.4 Å². The number of nitrogens with one attached hydrogen (secondary N) is 2. The molecule has 1 saturated heterocycles. The predicted octanol–water partition coefficient (Wildman–Crippen LogP) is 2.30. The molecule has 2 aromatic rings. The molecule has 7 heteroatoms. The van der Waals surface area contributed by atoms with Crippen LogP contribution in [0, 0.1) is 5.92 Å². The van der Waals surface area contributed by atoms with Gasteiger partial charge in [0.2, 0.25) is 0 Å². The largest absolute Gasteiger partial charge is 0.352 e. The standard InChI is InChI=1S/C15H20N4O.2ClH/c20-15(18-7-5-12-2-1-6-16-10-12)13-3-4-14-17-8-9-19(14)11-13;;/h3-4,8-9,11-12,16H,1-2,5-7,10H2,(H,18,20);2*1H. The van der Waals surface area contributed by atoms with Gasteiger partial charge in [-0.25, -0.2) is 4.98 Å². The van der Waals surface area contributed by atoms with E-state index in [9.17, 15) is 4.79 Å². The molecular formula is C15H22Cl2N4O. The van der Waals surface area contributed by atoms with Crippen molar-refractivity contribution in [2.24, 2.45) is 5.92 Å². The molecule has 0 radical (unpaired) electrons. The number of hydrogen-bond acceptors (Lipinski definition) is 3. The molecule has 2 N–H and O–H groups in total. The Balaban J connectivity index is 0.00000121. The number of fused-ring (bicyclic) bond motifs is 1. The Morgan fingerprint density at radius 1 is 1.41 bits per heavy atom. The van der Waals surface area contributed by atoms with E-state index in [0.29, 0.717) is 11.5 Å². The van der Waals surface area contributed by atoms with Crippen LogP contribution < -0.4 is 10.6 Å². The minimum Gasteiger partial charge on any atom is -0.352 e. The van der Waals surface area contributed by atoms with Crippen molar-refractivity contribution in [1.82, 2.24) is 20.0 Å². The molecule has 1 amide bonds. The Morgan fingerprint density at radius 2 is 2.27 bits per heavy atom. The first-order valence-electron chi connectivity index (χ1n) is 7.24. The van der Waals surface area contributed by atoms with Gasteiger partial charge >= 0.3 is 0 Å². The van der Waals surface area contributed by atoms with Gasteiger partial charge in [0.05, 0.1) is 5.56 Å². The summed E-state index contributed by atoms with van der Waals surface area (Å²) in [6.07, 6.45) is 8.96. The highest BCUT2D eigenvalue weighted by atomic mass is 35.5. The molecule has 0 aromatic carbocycles. The number of aromatic nitrogens is 2. The highest BCUT2D eigenvalue weighted by Crippen LogP contribution is 2.13. The van der Waals surface area contributed by atoms with Crippen LogP contribution >= 0.6 is 24.8 Å². The van der Waals surface area contributed by atoms with Crippen molar-refractivity contribution in [3.8, 4) is 0 Å². The summed E-state index contributed by atoms with van der Waals surface area (Å²) in [6.45, 7) is 2.96. The summed E-state index contributed by atoms with van der Waals surface area (Å²) in [6, 6.07) is 3.68. The molecule has 3 heterocycles. The second-order valence-electron chi connectivity index (χ2n) is 5.37. The van der Waals surface area contributed by atoms with Crippen molar-refractivity contribution in [3.05, 3.63) is 36.3 Å². The van der Waals surface area contributed by atoms with E-state index < -0.39 is 0 Å². The molecule has 3 rings (SSSR count). The fraction of sp³-hybridized carbons (Fsp3) is 0.467. The molecule has 22 heavy (non-hydrogen) atoms. The van der Waals surface area contributed by atoms with E-state index in [0.717, 1.165) is 31.7 Å². The minimum absolute atomic E-state index is 0. The molecule has 0 bridgehead atoms. The van der Waals surface area contributed by atoms with Gasteiger partial charge in [-0.05, 0) is 50.4 Å². The molecule has 1 fully saturated rings. The van der Waals surface area contributed by atoms with Crippen molar-refractivity contribution in [1.29, 1.82) is 0 Å². The number of carbonyl (C=O) groups excluding carboxylic acids is 1. The maximum atomic E-state index is 12.1. The van der Waals surface area contributed by atoms with Crippen molar-refractivity contribution in [3.63, 3.8) is 0 Å². The normalized spacial score (nSPS) is 17.4. The number of amides is 1. The van der Waals surface area contributed by atoms with E-state index in [1.165, 1.54) is 12.8 Å². The third kappa shape index (κ3) is 4.60. The number of nitrogens with zero attached hydrogens (tertiary/aromatic N) is 2. The lowest BCUT2D eigenvalue weighted by Gasteiger charge is -2.22. The lowest BCUT2D eigenvalue weighted by atomic mass is 9.96. The number of carbonyl (C=O) groups is 1. The molecule has 0 spiro atoms. The zero-order valence-corrected chi connectivity index (χ0v) is 14.0. The molecule has 122 valence electrons. The Morgan fingerprint density at radius 3 is 3.05 bits per heavy atom. The molecule has 5 nitrogen and oxygen atoms in total. The first-order chi connectivity index (χ1) is 9.83. The van der Waals surface area contributed by atoms with E-state index in [-0.39, 0.29) is 30.7 Å². The van der Waals surface area contributed by atoms with Gasteiger partial charge in [-0.3, -0.25) is 4.79 Å². The smallest absolute Gasteiger partial charge is 0.252 e. The maximum absolute atomic E-state index is 12.1. The van der Waals surface area contributed by atoms with Crippen LogP contribution in [0.5, 0.6) is 0 Å². The van der Waals surface area contributed by atoms with Gasteiger partial charge in [0.25, 0.3) is 5.91 Å². The van der Waals surface area contributed by atoms with Gasteiger partial charge in [0, 0.05) is 25.1 Å². The van der Waals surface area contributed by atoms with Crippen LogP contribution in [0.3, 0.4) is 0 Å². The zero-order chi connectivity index (χ0) is 13.8. The Hall–Kier alpha value is -1.30. The van der Waals surface area contributed by atoms with Crippen LogP contribution in [0.2, 0.25) is 0 Å². The van der Waals surface area contributed by atoms with E-state index in [1.807, 2.05) is 28.9 Å². The minimum atomic E-state index is -0.00984. The summed E-state index contributed by atoms with van der Waals surface area (Å²) in [5.41, 5.74) is 1.53. The highest BCUT2D eigenvalue weighted by molar-refractivity contribution is 5.94. The Bertz CT molecular complexity index is 596. The molecule has 0 saturated carbocycles. The lowest BCUT2D eigenvalue weighted by molar-refractivity contribution is 0.0950. The van der Waals surface area contributed by atoms with Gasteiger partial charge in [0.1, 0.15) is 5.65 Å². The van der Waals surface area contributed by atoms with Crippen LogP contribution in [-0.2, 0) is 0 Å². The van der Waals surface area contributed by atoms with Gasteiger partial charge in [-0.15, -0.1) is 24.8 Å². The number of pyridine rings is 1. The monoisotopic (exact) mass is 344 g/mol. The fourth-order valence-corrected chi connectivity index (χ4v) is 2.72. The van der Waals surface area contributed by atoms with Crippen LogP contribution in [0.4, 0.5) is 0 Å².